The van der Waals surface area contributed by atoms with Crippen molar-refractivity contribution in [2.24, 2.45) is 0 Å². The van der Waals surface area contributed by atoms with E-state index in [0.717, 1.165) is 5.56 Å². The van der Waals surface area contributed by atoms with E-state index in [0.29, 0.717) is 25.9 Å². The van der Waals surface area contributed by atoms with Gasteiger partial charge < -0.3 is 9.84 Å². The molecule has 0 aliphatic rings. The summed E-state index contributed by atoms with van der Waals surface area (Å²) in [7, 11) is 0. The average Bonchev–Trinajstić information content (AvgIpc) is 2.30. The summed E-state index contributed by atoms with van der Waals surface area (Å²) in [6.45, 7) is 2.17. The third-order valence-corrected chi connectivity index (χ3v) is 2.20. The van der Waals surface area contributed by atoms with Crippen LogP contribution in [0.1, 0.15) is 35.8 Å². The molecule has 92 valence electrons. The molecule has 0 fully saturated rings. The number of nitrogens with zero attached hydrogens (tertiary/aromatic N) is 1. The van der Waals surface area contributed by atoms with Gasteiger partial charge in [-0.1, -0.05) is 6.07 Å². The number of hydrogen-bond acceptors (Lipinski definition) is 4. The molecule has 0 aromatic carbocycles. The number of hydrogen-bond donors (Lipinski definition) is 1. The van der Waals surface area contributed by atoms with Gasteiger partial charge in [-0.15, -0.1) is 0 Å². The molecule has 1 N–H and O–H groups in total. The Morgan fingerprint density at radius 2 is 2.18 bits per heavy atom. The molecule has 1 heterocycles. The van der Waals surface area contributed by atoms with Gasteiger partial charge in [-0.2, -0.15) is 0 Å². The number of aryl methyl sites for hydroxylation is 1. The summed E-state index contributed by atoms with van der Waals surface area (Å²) >= 11 is 0. The lowest BCUT2D eigenvalue weighted by Gasteiger charge is -2.02. The lowest BCUT2D eigenvalue weighted by atomic mass is 10.1. The van der Waals surface area contributed by atoms with Crippen molar-refractivity contribution in [3.8, 4) is 0 Å². The third kappa shape index (κ3) is 4.63. The maximum absolute atomic E-state index is 11.1. The first-order chi connectivity index (χ1) is 8.13. The summed E-state index contributed by atoms with van der Waals surface area (Å²) in [4.78, 5) is 25.4. The third-order valence-electron chi connectivity index (χ3n) is 2.20. The highest BCUT2D eigenvalue weighted by molar-refractivity contribution is 5.85. The Morgan fingerprint density at radius 1 is 1.41 bits per heavy atom. The molecule has 0 spiro atoms. The van der Waals surface area contributed by atoms with Crippen molar-refractivity contribution < 1.29 is 19.4 Å². The van der Waals surface area contributed by atoms with Crippen molar-refractivity contribution >= 4 is 11.9 Å². The first-order valence-corrected chi connectivity index (χ1v) is 5.47. The topological polar surface area (TPSA) is 76.5 Å². The lowest BCUT2D eigenvalue weighted by molar-refractivity contribution is -0.143. The number of carboxylic acid groups (broad SMARTS) is 1. The SMILES string of the molecule is CCOC(=O)CCCc1ccc(C(=O)O)nc1. The molecule has 1 rings (SSSR count). The number of carbonyl (C=O) groups is 2. The first kappa shape index (κ1) is 13.2. The number of rotatable bonds is 6. The van der Waals surface area contributed by atoms with Gasteiger partial charge in [0.2, 0.25) is 0 Å². The van der Waals surface area contributed by atoms with Gasteiger partial charge in [0.15, 0.2) is 0 Å². The zero-order valence-corrected chi connectivity index (χ0v) is 9.68. The Kier molecular flexibility index (Phi) is 5.13. The largest absolute Gasteiger partial charge is 0.477 e. The van der Waals surface area contributed by atoms with Crippen LogP contribution in [0.2, 0.25) is 0 Å². The molecule has 5 nitrogen and oxygen atoms in total. The molecular formula is C12H15NO4. The van der Waals surface area contributed by atoms with E-state index in [-0.39, 0.29) is 11.7 Å². The van der Waals surface area contributed by atoms with Gasteiger partial charge in [-0.05, 0) is 31.4 Å². The van der Waals surface area contributed by atoms with Crippen LogP contribution in [0.4, 0.5) is 0 Å². The highest BCUT2D eigenvalue weighted by Gasteiger charge is 2.05. The monoisotopic (exact) mass is 237 g/mol. The Hall–Kier alpha value is -1.91. The number of aromatic carboxylic acids is 1. The molecule has 1 aromatic rings. The molecule has 0 atom stereocenters. The molecule has 0 unspecified atom stereocenters. The van der Waals surface area contributed by atoms with Crippen LogP contribution in [0.15, 0.2) is 18.3 Å². The zero-order chi connectivity index (χ0) is 12.7. The van der Waals surface area contributed by atoms with E-state index in [1.807, 2.05) is 0 Å². The van der Waals surface area contributed by atoms with Crippen LogP contribution in [-0.2, 0) is 16.0 Å². The van der Waals surface area contributed by atoms with E-state index in [2.05, 4.69) is 4.98 Å². The van der Waals surface area contributed by atoms with Gasteiger partial charge in [0.25, 0.3) is 0 Å². The number of carboxylic acids is 1. The van der Waals surface area contributed by atoms with E-state index >= 15 is 0 Å². The van der Waals surface area contributed by atoms with Crippen LogP contribution in [0, 0.1) is 0 Å². The molecule has 17 heavy (non-hydrogen) atoms. The molecule has 0 radical (unpaired) electrons. The summed E-state index contributed by atoms with van der Waals surface area (Å²) in [6.07, 6.45) is 3.25. The second-order valence-electron chi connectivity index (χ2n) is 3.52. The van der Waals surface area contributed by atoms with Crippen LogP contribution in [0.25, 0.3) is 0 Å². The predicted molar refractivity (Wildman–Crippen MR) is 60.8 cm³/mol. The zero-order valence-electron chi connectivity index (χ0n) is 9.68. The quantitative estimate of drug-likeness (QED) is 0.761. The average molecular weight is 237 g/mol. The molecular weight excluding hydrogens is 222 g/mol. The van der Waals surface area contributed by atoms with Crippen LogP contribution in [0.5, 0.6) is 0 Å². The minimum atomic E-state index is -1.04. The number of esters is 1. The van der Waals surface area contributed by atoms with Crippen LogP contribution in [0.3, 0.4) is 0 Å². The minimum Gasteiger partial charge on any atom is -0.477 e. The van der Waals surface area contributed by atoms with Crippen molar-refractivity contribution in [2.75, 3.05) is 6.61 Å². The number of carbonyl (C=O) groups excluding carboxylic acids is 1. The minimum absolute atomic E-state index is 0.0270. The second-order valence-corrected chi connectivity index (χ2v) is 3.52. The second kappa shape index (κ2) is 6.62. The smallest absolute Gasteiger partial charge is 0.354 e. The molecule has 0 aliphatic heterocycles. The van der Waals surface area contributed by atoms with E-state index in [9.17, 15) is 9.59 Å². The summed E-state index contributed by atoms with van der Waals surface area (Å²) in [5.74, 6) is -1.24. The van der Waals surface area contributed by atoms with Crippen molar-refractivity contribution in [3.05, 3.63) is 29.6 Å². The Balaban J connectivity index is 2.37. The number of ether oxygens (including phenoxy) is 1. The maximum Gasteiger partial charge on any atom is 0.354 e. The number of pyridine rings is 1. The fourth-order valence-electron chi connectivity index (χ4n) is 1.37. The van der Waals surface area contributed by atoms with Crippen molar-refractivity contribution in [3.63, 3.8) is 0 Å². The first-order valence-electron chi connectivity index (χ1n) is 5.47. The fourth-order valence-corrected chi connectivity index (χ4v) is 1.37. The Bertz CT molecular complexity index is 386. The van der Waals surface area contributed by atoms with Gasteiger partial charge >= 0.3 is 11.9 Å². The van der Waals surface area contributed by atoms with Crippen molar-refractivity contribution in [1.82, 2.24) is 4.98 Å². The maximum atomic E-state index is 11.1. The predicted octanol–water partition coefficient (Wildman–Crippen LogP) is 1.67. The summed E-state index contributed by atoms with van der Waals surface area (Å²) in [6, 6.07) is 3.17. The van der Waals surface area contributed by atoms with E-state index < -0.39 is 5.97 Å². The molecule has 0 saturated heterocycles. The van der Waals surface area contributed by atoms with Crippen molar-refractivity contribution in [1.29, 1.82) is 0 Å². The van der Waals surface area contributed by atoms with E-state index in [4.69, 9.17) is 9.84 Å². The molecule has 0 bridgehead atoms. The highest BCUT2D eigenvalue weighted by atomic mass is 16.5. The molecule has 0 aliphatic carbocycles. The summed E-state index contributed by atoms with van der Waals surface area (Å²) in [5.41, 5.74) is 0.943. The lowest BCUT2D eigenvalue weighted by Crippen LogP contribution is -2.04. The standard InChI is InChI=1S/C12H15NO4/c1-2-17-11(14)5-3-4-9-6-7-10(12(15)16)13-8-9/h6-8H,2-5H2,1H3,(H,15,16). The molecule has 0 saturated carbocycles. The van der Waals surface area contributed by atoms with Gasteiger partial charge in [0.1, 0.15) is 5.69 Å². The summed E-state index contributed by atoms with van der Waals surface area (Å²) in [5, 5.41) is 8.66. The van der Waals surface area contributed by atoms with Crippen molar-refractivity contribution in [2.45, 2.75) is 26.2 Å². The number of aromatic nitrogens is 1. The molecule has 5 heteroatoms. The normalized spacial score (nSPS) is 9.94. The Labute approximate surface area is 99.4 Å². The van der Waals surface area contributed by atoms with Crippen LogP contribution < -0.4 is 0 Å². The van der Waals surface area contributed by atoms with Crippen LogP contribution in [-0.4, -0.2) is 28.6 Å². The van der Waals surface area contributed by atoms with Gasteiger partial charge in [0, 0.05) is 12.6 Å². The summed E-state index contributed by atoms with van der Waals surface area (Å²) < 4.78 is 4.80. The molecule has 1 aromatic heterocycles. The fraction of sp³-hybridized carbons (Fsp3) is 0.417. The van der Waals surface area contributed by atoms with Gasteiger partial charge in [0.05, 0.1) is 6.61 Å². The molecule has 0 amide bonds. The Morgan fingerprint density at radius 3 is 2.71 bits per heavy atom. The van der Waals surface area contributed by atoms with Crippen LogP contribution >= 0.6 is 0 Å². The van der Waals surface area contributed by atoms with E-state index in [1.54, 1.807) is 13.0 Å². The van der Waals surface area contributed by atoms with E-state index in [1.165, 1.54) is 12.3 Å². The van der Waals surface area contributed by atoms with Gasteiger partial charge in [-0.3, -0.25) is 4.79 Å². The highest BCUT2D eigenvalue weighted by Crippen LogP contribution is 2.06. The van der Waals surface area contributed by atoms with Gasteiger partial charge in [-0.25, -0.2) is 9.78 Å².